The van der Waals surface area contributed by atoms with Gasteiger partial charge in [0.15, 0.2) is 21.0 Å². The molecule has 0 saturated carbocycles. The van der Waals surface area contributed by atoms with Gasteiger partial charge < -0.3 is 28.7 Å². The number of Topliss-reactive ketones (excluding diaryl/α,β-unsaturated/α-hetero) is 1. The van der Waals surface area contributed by atoms with Crippen LogP contribution in [0.1, 0.15) is 24.5 Å². The van der Waals surface area contributed by atoms with Gasteiger partial charge in [0.1, 0.15) is 55.2 Å². The summed E-state index contributed by atoms with van der Waals surface area (Å²) in [6.45, 7) is 0.123. The molecular formula is C36H31FN2O11S. The molecule has 1 amide bonds. The average Bonchev–Trinajstić information content (AvgIpc) is 3.48. The van der Waals surface area contributed by atoms with Crippen LogP contribution < -0.4 is 14.2 Å². The molecule has 4 aromatic rings. The van der Waals surface area contributed by atoms with Crippen LogP contribution in [-0.4, -0.2) is 73.4 Å². The van der Waals surface area contributed by atoms with Crippen molar-refractivity contribution in [2.75, 3.05) is 26.1 Å². The lowest BCUT2D eigenvalue weighted by Gasteiger charge is -2.49. The third-order valence-electron chi connectivity index (χ3n) is 8.95. The molecule has 3 aliphatic rings. The topological polar surface area (TPSA) is 168 Å². The number of hydrogen-bond acceptors (Lipinski definition) is 11. The minimum absolute atomic E-state index is 0.107. The fraction of sp³-hybridized carbons (Fsp3) is 0.278. The zero-order valence-electron chi connectivity index (χ0n) is 27.4. The van der Waals surface area contributed by atoms with Gasteiger partial charge in [0, 0.05) is 47.0 Å². The Balaban J connectivity index is 1.03. The number of halogens is 1. The van der Waals surface area contributed by atoms with E-state index in [9.17, 15) is 32.0 Å². The van der Waals surface area contributed by atoms with Crippen LogP contribution in [0.15, 0.2) is 71.9 Å². The number of rotatable bonds is 11. The average molecular weight is 719 g/mol. The molecule has 0 radical (unpaired) electrons. The highest BCUT2D eigenvalue weighted by Gasteiger charge is 2.60. The number of β-lactam (4-membered cyclic amide) rings is 1. The number of amides is 1. The Hall–Kier alpha value is -5.70. The number of hydrogen-bond donors (Lipinski definition) is 1. The number of esters is 2. The maximum Gasteiger partial charge on any atom is 0.355 e. The first-order valence-electron chi connectivity index (χ1n) is 15.9. The number of nitrogens with one attached hydrogen (secondary N) is 1. The van der Waals surface area contributed by atoms with E-state index >= 15 is 0 Å². The zero-order valence-corrected chi connectivity index (χ0v) is 28.2. The normalized spacial score (nSPS) is 18.5. The molecule has 2 unspecified atom stereocenters. The van der Waals surface area contributed by atoms with Crippen molar-refractivity contribution < 1.29 is 55.7 Å². The Morgan fingerprint density at radius 3 is 2.51 bits per heavy atom. The van der Waals surface area contributed by atoms with E-state index in [1.54, 1.807) is 48.5 Å². The maximum atomic E-state index is 13.9. The summed E-state index contributed by atoms with van der Waals surface area (Å²) in [5.74, 6) is -3.90. The molecule has 0 spiro atoms. The predicted molar refractivity (Wildman–Crippen MR) is 178 cm³/mol. The SMILES string of the molecule is COc1ccc(COC(=O)C2=C(COC(C)=O)CS(=O)(=O)C3C(CC(=O)COc4ccc5c(c4)OCc4c-5[nH]c5ccc(F)cc45)C(=O)N23)cc1. The fourth-order valence-electron chi connectivity index (χ4n) is 6.54. The lowest BCUT2D eigenvalue weighted by molar-refractivity contribution is -0.157. The first-order chi connectivity index (χ1) is 24.4. The van der Waals surface area contributed by atoms with Gasteiger partial charge in [-0.1, -0.05) is 12.1 Å². The van der Waals surface area contributed by atoms with E-state index in [1.165, 1.54) is 19.2 Å². The number of ether oxygens (including phenoxy) is 5. The summed E-state index contributed by atoms with van der Waals surface area (Å²) in [7, 11) is -2.60. The Morgan fingerprint density at radius 1 is 1.00 bits per heavy atom. The molecule has 13 nitrogen and oxygen atoms in total. The quantitative estimate of drug-likeness (QED) is 0.176. The van der Waals surface area contributed by atoms with Gasteiger partial charge in [0.25, 0.3) is 0 Å². The summed E-state index contributed by atoms with van der Waals surface area (Å²) in [5.41, 5.74) is 3.27. The van der Waals surface area contributed by atoms with Gasteiger partial charge in [-0.25, -0.2) is 17.6 Å². The van der Waals surface area contributed by atoms with Gasteiger partial charge in [-0.05, 0) is 48.0 Å². The fourth-order valence-corrected chi connectivity index (χ4v) is 8.66. The second-order valence-corrected chi connectivity index (χ2v) is 14.4. The molecule has 264 valence electrons. The molecule has 1 N–H and O–H groups in total. The monoisotopic (exact) mass is 718 g/mol. The first-order valence-corrected chi connectivity index (χ1v) is 17.6. The molecule has 1 aromatic heterocycles. The molecule has 3 aromatic carbocycles. The number of aromatic amines is 1. The van der Waals surface area contributed by atoms with Gasteiger partial charge in [0.2, 0.25) is 5.91 Å². The molecule has 4 heterocycles. The van der Waals surface area contributed by atoms with E-state index in [2.05, 4.69) is 4.98 Å². The van der Waals surface area contributed by atoms with Crippen molar-refractivity contribution in [3.63, 3.8) is 0 Å². The smallest absolute Gasteiger partial charge is 0.355 e. The van der Waals surface area contributed by atoms with Crippen molar-refractivity contribution in [3.05, 3.63) is 88.9 Å². The van der Waals surface area contributed by atoms with Crippen LogP contribution >= 0.6 is 0 Å². The van der Waals surface area contributed by atoms with Gasteiger partial charge in [-0.15, -0.1) is 0 Å². The van der Waals surface area contributed by atoms with Crippen LogP contribution in [-0.2, 0) is 51.7 Å². The molecule has 1 saturated heterocycles. The third-order valence-corrected chi connectivity index (χ3v) is 11.0. The lowest BCUT2D eigenvalue weighted by Crippen LogP contribution is -2.67. The highest BCUT2D eigenvalue weighted by atomic mass is 32.2. The molecule has 15 heteroatoms. The zero-order chi connectivity index (χ0) is 36.0. The Bertz CT molecular complexity index is 2240. The molecule has 51 heavy (non-hydrogen) atoms. The first kappa shape index (κ1) is 33.8. The number of sulfone groups is 1. The van der Waals surface area contributed by atoms with Crippen molar-refractivity contribution in [2.45, 2.75) is 31.9 Å². The summed E-state index contributed by atoms with van der Waals surface area (Å²) in [5, 5.41) is -0.769. The number of aromatic nitrogens is 1. The van der Waals surface area contributed by atoms with Gasteiger partial charge >= 0.3 is 11.9 Å². The van der Waals surface area contributed by atoms with Crippen LogP contribution in [0.3, 0.4) is 0 Å². The molecule has 0 aliphatic carbocycles. The Kier molecular flexibility index (Phi) is 8.75. The number of H-pyrrole nitrogens is 1. The molecule has 0 bridgehead atoms. The molecule has 2 atom stereocenters. The van der Waals surface area contributed by atoms with Crippen molar-refractivity contribution in [2.24, 2.45) is 5.92 Å². The van der Waals surface area contributed by atoms with E-state index in [4.69, 9.17) is 23.7 Å². The second kappa shape index (κ2) is 13.2. The molecule has 7 rings (SSSR count). The van der Waals surface area contributed by atoms with Crippen LogP contribution in [0.4, 0.5) is 4.39 Å². The third kappa shape index (κ3) is 6.40. The van der Waals surface area contributed by atoms with E-state index < -0.39 is 70.1 Å². The second-order valence-electron chi connectivity index (χ2n) is 12.3. The van der Waals surface area contributed by atoms with Crippen molar-refractivity contribution in [1.82, 2.24) is 9.88 Å². The van der Waals surface area contributed by atoms with E-state index in [0.717, 1.165) is 39.5 Å². The van der Waals surface area contributed by atoms with E-state index in [0.29, 0.717) is 22.8 Å². The van der Waals surface area contributed by atoms with Gasteiger partial charge in [-0.2, -0.15) is 0 Å². The summed E-state index contributed by atoms with van der Waals surface area (Å²) < 4.78 is 67.9. The largest absolute Gasteiger partial charge is 0.497 e. The molecule has 3 aliphatic heterocycles. The maximum absolute atomic E-state index is 13.9. The number of ketones is 1. The number of benzene rings is 3. The standard InChI is InChI=1S/C36H31FN2O11S/c1-19(40)47-15-21-18-51(44,45)35-28(34(42)39(35)33(21)36(43)50-14-20-3-6-24(46-2)7-4-20)12-23(41)16-48-25-8-9-26-31(13-25)49-17-29-27-11-22(37)5-10-30(27)38-32(26)29/h3-11,13,28,35,38H,12,14-18H2,1-2H3. The number of carbonyl (C=O) groups excluding carboxylic acids is 4. The number of fused-ring (bicyclic) bond motifs is 6. The summed E-state index contributed by atoms with van der Waals surface area (Å²) in [4.78, 5) is 55.5. The van der Waals surface area contributed by atoms with Gasteiger partial charge in [-0.3, -0.25) is 19.3 Å². The van der Waals surface area contributed by atoms with Crippen molar-refractivity contribution in [1.29, 1.82) is 0 Å². The molecular weight excluding hydrogens is 687 g/mol. The van der Waals surface area contributed by atoms with Crippen LogP contribution in [0.25, 0.3) is 22.2 Å². The van der Waals surface area contributed by atoms with Crippen molar-refractivity contribution >= 4 is 44.4 Å². The summed E-state index contributed by atoms with van der Waals surface area (Å²) >= 11 is 0. The highest BCUT2D eigenvalue weighted by Crippen LogP contribution is 2.44. The lowest BCUT2D eigenvalue weighted by atomic mass is 9.90. The minimum Gasteiger partial charge on any atom is -0.497 e. The Morgan fingerprint density at radius 2 is 1.76 bits per heavy atom. The highest BCUT2D eigenvalue weighted by molar-refractivity contribution is 7.92. The van der Waals surface area contributed by atoms with E-state index in [-0.39, 0.29) is 30.3 Å². The van der Waals surface area contributed by atoms with Crippen LogP contribution in [0, 0.1) is 11.7 Å². The minimum atomic E-state index is -4.10. The number of nitrogens with zero attached hydrogens (tertiary/aromatic N) is 1. The molecule has 1 fully saturated rings. The predicted octanol–water partition coefficient (Wildman–Crippen LogP) is 3.99. The number of methoxy groups -OCH3 is 1. The number of carbonyl (C=O) groups is 4. The summed E-state index contributed by atoms with van der Waals surface area (Å²) in [6, 6.07) is 16.2. The van der Waals surface area contributed by atoms with Crippen LogP contribution in [0.2, 0.25) is 0 Å². The van der Waals surface area contributed by atoms with Crippen molar-refractivity contribution in [3.8, 4) is 28.5 Å². The summed E-state index contributed by atoms with van der Waals surface area (Å²) in [6.07, 6.45) is -0.455. The van der Waals surface area contributed by atoms with E-state index in [1.807, 2.05) is 0 Å². The van der Waals surface area contributed by atoms with Gasteiger partial charge in [0.05, 0.1) is 24.5 Å². The van der Waals surface area contributed by atoms with Crippen LogP contribution in [0.5, 0.6) is 17.2 Å². The Labute approximate surface area is 290 Å².